The van der Waals surface area contributed by atoms with Crippen molar-refractivity contribution in [2.75, 3.05) is 16.4 Å². The van der Waals surface area contributed by atoms with Crippen molar-refractivity contribution in [1.29, 1.82) is 0 Å². The summed E-state index contributed by atoms with van der Waals surface area (Å²) in [5.41, 5.74) is 1.51. The SMILES string of the molecule is O=C(CSc1nnc(NC(=O)c2ccccc2Cl)s1)Nc1nnc(SCc2cccc(Br)c2)s1. The Balaban J connectivity index is 1.23. The molecule has 0 fully saturated rings. The van der Waals surface area contributed by atoms with E-state index < -0.39 is 0 Å². The topological polar surface area (TPSA) is 110 Å². The normalized spacial score (nSPS) is 10.8. The Morgan fingerprint density at radius 1 is 0.912 bits per heavy atom. The van der Waals surface area contributed by atoms with Crippen molar-refractivity contribution in [3.8, 4) is 0 Å². The molecule has 0 atom stereocenters. The Morgan fingerprint density at radius 2 is 1.62 bits per heavy atom. The molecule has 0 aliphatic rings. The van der Waals surface area contributed by atoms with E-state index in [1.807, 2.05) is 18.2 Å². The number of halogens is 2. The number of carbonyl (C=O) groups excluding carboxylic acids is 2. The van der Waals surface area contributed by atoms with E-state index in [9.17, 15) is 9.59 Å². The zero-order valence-corrected chi connectivity index (χ0v) is 22.6. The fraction of sp³-hybridized carbons (Fsp3) is 0.100. The Bertz CT molecular complexity index is 1320. The molecular formula is C20H14BrClN6O2S4. The lowest BCUT2D eigenvalue weighted by Gasteiger charge is -2.02. The predicted octanol–water partition coefficient (Wildman–Crippen LogP) is 6.08. The van der Waals surface area contributed by atoms with Gasteiger partial charge in [-0.05, 0) is 29.8 Å². The Morgan fingerprint density at radius 3 is 2.35 bits per heavy atom. The molecule has 0 bridgehead atoms. The lowest BCUT2D eigenvalue weighted by atomic mass is 10.2. The van der Waals surface area contributed by atoms with Gasteiger partial charge >= 0.3 is 0 Å². The minimum Gasteiger partial charge on any atom is -0.300 e. The van der Waals surface area contributed by atoms with Crippen LogP contribution in [0.5, 0.6) is 0 Å². The average Bonchev–Trinajstić information content (AvgIpc) is 3.46. The van der Waals surface area contributed by atoms with Crippen LogP contribution in [0.3, 0.4) is 0 Å². The molecule has 0 radical (unpaired) electrons. The molecule has 2 aromatic heterocycles. The van der Waals surface area contributed by atoms with Crippen LogP contribution in [0.25, 0.3) is 0 Å². The summed E-state index contributed by atoms with van der Waals surface area (Å²) >= 11 is 14.8. The lowest BCUT2D eigenvalue weighted by molar-refractivity contribution is -0.113. The molecule has 2 aromatic carbocycles. The molecule has 0 spiro atoms. The third kappa shape index (κ3) is 7.23. The zero-order chi connectivity index (χ0) is 23.9. The van der Waals surface area contributed by atoms with Crippen molar-refractivity contribution in [1.82, 2.24) is 20.4 Å². The van der Waals surface area contributed by atoms with Gasteiger partial charge in [-0.3, -0.25) is 20.2 Å². The van der Waals surface area contributed by atoms with E-state index in [0.29, 0.717) is 25.2 Å². The van der Waals surface area contributed by atoms with E-state index in [0.717, 1.165) is 20.1 Å². The maximum atomic E-state index is 12.3. The molecule has 8 nitrogen and oxygen atoms in total. The van der Waals surface area contributed by atoms with Gasteiger partial charge in [0.2, 0.25) is 16.2 Å². The molecule has 4 rings (SSSR count). The maximum Gasteiger partial charge on any atom is 0.259 e. The van der Waals surface area contributed by atoms with Crippen LogP contribution in [-0.2, 0) is 10.5 Å². The van der Waals surface area contributed by atoms with E-state index in [1.165, 1.54) is 34.4 Å². The van der Waals surface area contributed by atoms with Gasteiger partial charge < -0.3 is 0 Å². The fourth-order valence-electron chi connectivity index (χ4n) is 2.50. The second-order valence-electron chi connectivity index (χ2n) is 6.44. The highest BCUT2D eigenvalue weighted by Gasteiger charge is 2.15. The quantitative estimate of drug-likeness (QED) is 0.173. The van der Waals surface area contributed by atoms with Crippen LogP contribution in [0.2, 0.25) is 5.02 Å². The number of rotatable bonds is 9. The summed E-state index contributed by atoms with van der Waals surface area (Å²) in [6, 6.07) is 14.8. The highest BCUT2D eigenvalue weighted by Crippen LogP contribution is 2.30. The monoisotopic (exact) mass is 612 g/mol. The number of nitrogens with one attached hydrogen (secondary N) is 2. The first-order chi connectivity index (χ1) is 16.5. The summed E-state index contributed by atoms with van der Waals surface area (Å²) in [6.45, 7) is 0. The fourth-order valence-corrected chi connectivity index (χ4v) is 6.43. The maximum absolute atomic E-state index is 12.3. The molecule has 0 saturated heterocycles. The first-order valence-electron chi connectivity index (χ1n) is 9.49. The Labute approximate surface area is 224 Å². The minimum absolute atomic E-state index is 0.118. The van der Waals surface area contributed by atoms with Crippen LogP contribution >= 0.6 is 73.7 Å². The third-order valence-corrected chi connectivity index (χ3v) is 8.81. The van der Waals surface area contributed by atoms with E-state index in [2.05, 4.69) is 53.0 Å². The van der Waals surface area contributed by atoms with Gasteiger partial charge in [0.05, 0.1) is 16.3 Å². The molecule has 2 amide bonds. The number of anilines is 2. The molecule has 2 heterocycles. The molecule has 0 saturated carbocycles. The van der Waals surface area contributed by atoms with Gasteiger partial charge in [-0.2, -0.15) is 0 Å². The summed E-state index contributed by atoms with van der Waals surface area (Å²) in [7, 11) is 0. The van der Waals surface area contributed by atoms with Crippen molar-refractivity contribution in [2.24, 2.45) is 0 Å². The summed E-state index contributed by atoms with van der Waals surface area (Å²) in [5.74, 6) is 0.264. The van der Waals surface area contributed by atoms with Gasteiger partial charge in [-0.25, -0.2) is 0 Å². The predicted molar refractivity (Wildman–Crippen MR) is 142 cm³/mol. The molecule has 14 heteroatoms. The van der Waals surface area contributed by atoms with Crippen molar-refractivity contribution in [3.63, 3.8) is 0 Å². The van der Waals surface area contributed by atoms with E-state index in [4.69, 9.17) is 11.6 Å². The number of thioether (sulfide) groups is 2. The van der Waals surface area contributed by atoms with Gasteiger partial charge in [-0.1, -0.05) is 98.0 Å². The first kappa shape index (κ1) is 25.1. The molecule has 174 valence electrons. The first-order valence-corrected chi connectivity index (χ1v) is 14.3. The lowest BCUT2D eigenvalue weighted by Crippen LogP contribution is -2.13. The third-order valence-electron chi connectivity index (χ3n) is 3.98. The Kier molecular flexibility index (Phi) is 8.92. The van der Waals surface area contributed by atoms with Gasteiger partial charge in [0, 0.05) is 10.2 Å². The van der Waals surface area contributed by atoms with Crippen LogP contribution in [0.1, 0.15) is 15.9 Å². The molecule has 0 aliphatic carbocycles. The van der Waals surface area contributed by atoms with Crippen LogP contribution < -0.4 is 10.6 Å². The zero-order valence-electron chi connectivity index (χ0n) is 17.0. The number of benzene rings is 2. The number of aromatic nitrogens is 4. The van der Waals surface area contributed by atoms with Crippen molar-refractivity contribution in [3.05, 3.63) is 69.2 Å². The number of carbonyl (C=O) groups is 2. The van der Waals surface area contributed by atoms with Crippen LogP contribution in [-0.4, -0.2) is 38.0 Å². The summed E-state index contributed by atoms with van der Waals surface area (Å²) < 4.78 is 2.34. The van der Waals surface area contributed by atoms with E-state index >= 15 is 0 Å². The number of hydrogen-bond donors (Lipinski definition) is 2. The average molecular weight is 614 g/mol. The molecular weight excluding hydrogens is 600 g/mol. The largest absolute Gasteiger partial charge is 0.300 e. The van der Waals surface area contributed by atoms with Crippen molar-refractivity contribution in [2.45, 2.75) is 14.4 Å². The highest BCUT2D eigenvalue weighted by molar-refractivity contribution is 9.10. The standard InChI is InChI=1S/C20H14BrClN6O2S4/c21-12-5-3-4-11(8-12)9-31-19-27-25-17(33-19)23-15(29)10-32-20-28-26-18(34-20)24-16(30)13-6-1-2-7-14(13)22/h1-8H,9-10H2,(H,23,25,29)(H,24,26,30). The molecule has 2 N–H and O–H groups in total. The van der Waals surface area contributed by atoms with E-state index in [-0.39, 0.29) is 17.6 Å². The number of hydrogen-bond acceptors (Lipinski definition) is 10. The van der Waals surface area contributed by atoms with Gasteiger partial charge in [0.15, 0.2) is 8.68 Å². The van der Waals surface area contributed by atoms with E-state index in [1.54, 1.807) is 36.0 Å². The Hall–Kier alpha value is -2.03. The van der Waals surface area contributed by atoms with Crippen LogP contribution in [0, 0.1) is 0 Å². The second kappa shape index (κ2) is 12.1. The molecule has 4 aromatic rings. The second-order valence-corrected chi connectivity index (χ2v) is 12.2. The summed E-state index contributed by atoms with van der Waals surface area (Å²) in [5, 5.41) is 22.6. The summed E-state index contributed by atoms with van der Waals surface area (Å²) in [4.78, 5) is 24.6. The molecule has 0 aliphatic heterocycles. The minimum atomic E-state index is -0.374. The smallest absolute Gasteiger partial charge is 0.259 e. The van der Waals surface area contributed by atoms with Crippen molar-refractivity contribution < 1.29 is 9.59 Å². The molecule has 34 heavy (non-hydrogen) atoms. The highest BCUT2D eigenvalue weighted by atomic mass is 79.9. The van der Waals surface area contributed by atoms with Crippen LogP contribution in [0.4, 0.5) is 10.3 Å². The van der Waals surface area contributed by atoms with Crippen molar-refractivity contribution >= 4 is 95.8 Å². The van der Waals surface area contributed by atoms with Crippen LogP contribution in [0.15, 0.2) is 61.7 Å². The number of amides is 2. The number of nitrogens with zero attached hydrogens (tertiary/aromatic N) is 4. The molecule has 0 unspecified atom stereocenters. The summed E-state index contributed by atoms with van der Waals surface area (Å²) in [6.07, 6.45) is 0. The van der Waals surface area contributed by atoms with Gasteiger partial charge in [-0.15, -0.1) is 20.4 Å². The van der Waals surface area contributed by atoms with Gasteiger partial charge in [0.25, 0.3) is 5.91 Å². The van der Waals surface area contributed by atoms with Gasteiger partial charge in [0.1, 0.15) is 0 Å².